The number of hydrogen-bond donors (Lipinski definition) is 4. The second-order valence-electron chi connectivity index (χ2n) is 2.93. The number of aliphatic hydroxyl groups excluding tert-OH is 1. The maximum absolute atomic E-state index is 11.6. The standard InChI is InChI=1S/C8H17NO2S2/c1-2-8(5-12,6-13)7(11)9-3-4-10/h10,12-13H,2-6H2,1H3,(H,9,11). The van der Waals surface area contributed by atoms with Gasteiger partial charge in [-0.1, -0.05) is 6.92 Å². The van der Waals surface area contributed by atoms with Crippen LogP contribution in [0.5, 0.6) is 0 Å². The van der Waals surface area contributed by atoms with Crippen LogP contribution in [0.15, 0.2) is 0 Å². The van der Waals surface area contributed by atoms with Crippen molar-refractivity contribution in [1.82, 2.24) is 5.32 Å². The minimum atomic E-state index is -0.499. The quantitative estimate of drug-likeness (QED) is 0.491. The fourth-order valence-electron chi connectivity index (χ4n) is 0.935. The summed E-state index contributed by atoms with van der Waals surface area (Å²) in [6.07, 6.45) is 0.706. The number of thiol groups is 2. The summed E-state index contributed by atoms with van der Waals surface area (Å²) in [4.78, 5) is 11.6. The van der Waals surface area contributed by atoms with E-state index < -0.39 is 5.41 Å². The number of rotatable bonds is 6. The monoisotopic (exact) mass is 223 g/mol. The molecule has 0 heterocycles. The molecule has 0 aromatic carbocycles. The highest BCUT2D eigenvalue weighted by Crippen LogP contribution is 2.25. The SMILES string of the molecule is CCC(CS)(CS)C(=O)NCCO. The Bertz CT molecular complexity index is 152. The third-order valence-electron chi connectivity index (χ3n) is 2.16. The van der Waals surface area contributed by atoms with Crippen LogP contribution in [0.2, 0.25) is 0 Å². The minimum Gasteiger partial charge on any atom is -0.395 e. The molecule has 0 rings (SSSR count). The van der Waals surface area contributed by atoms with Gasteiger partial charge < -0.3 is 10.4 Å². The van der Waals surface area contributed by atoms with Crippen molar-refractivity contribution >= 4 is 31.2 Å². The van der Waals surface area contributed by atoms with Gasteiger partial charge in [0, 0.05) is 18.1 Å². The molecule has 0 spiro atoms. The van der Waals surface area contributed by atoms with E-state index in [-0.39, 0.29) is 12.5 Å². The highest BCUT2D eigenvalue weighted by molar-refractivity contribution is 7.81. The first-order valence-electron chi connectivity index (χ1n) is 4.27. The van der Waals surface area contributed by atoms with E-state index >= 15 is 0 Å². The lowest BCUT2D eigenvalue weighted by atomic mass is 9.88. The highest BCUT2D eigenvalue weighted by atomic mass is 32.1. The molecule has 13 heavy (non-hydrogen) atoms. The number of carbonyl (C=O) groups is 1. The Kier molecular flexibility index (Phi) is 6.63. The van der Waals surface area contributed by atoms with E-state index in [1.165, 1.54) is 0 Å². The van der Waals surface area contributed by atoms with Crippen LogP contribution in [0.25, 0.3) is 0 Å². The molecule has 0 radical (unpaired) electrons. The van der Waals surface area contributed by atoms with Crippen LogP contribution in [0.4, 0.5) is 0 Å². The van der Waals surface area contributed by atoms with Crippen molar-refractivity contribution in [2.24, 2.45) is 5.41 Å². The Morgan fingerprint density at radius 3 is 2.31 bits per heavy atom. The summed E-state index contributed by atoms with van der Waals surface area (Å²) in [6, 6.07) is 0. The van der Waals surface area contributed by atoms with E-state index in [4.69, 9.17) is 5.11 Å². The van der Waals surface area contributed by atoms with Crippen molar-refractivity contribution in [3.05, 3.63) is 0 Å². The number of carbonyl (C=O) groups excluding carboxylic acids is 1. The molecule has 1 amide bonds. The summed E-state index contributed by atoms with van der Waals surface area (Å²) >= 11 is 8.30. The van der Waals surface area contributed by atoms with Crippen LogP contribution < -0.4 is 5.32 Å². The molecule has 78 valence electrons. The minimum absolute atomic E-state index is 0.0370. The molecule has 0 aromatic rings. The van der Waals surface area contributed by atoms with Crippen molar-refractivity contribution in [3.63, 3.8) is 0 Å². The summed E-state index contributed by atoms with van der Waals surface area (Å²) in [5.41, 5.74) is -0.499. The van der Waals surface area contributed by atoms with Gasteiger partial charge in [-0.05, 0) is 6.42 Å². The third kappa shape index (κ3) is 3.40. The van der Waals surface area contributed by atoms with Gasteiger partial charge in [0.1, 0.15) is 0 Å². The van der Waals surface area contributed by atoms with E-state index in [9.17, 15) is 4.79 Å². The second kappa shape index (κ2) is 6.56. The van der Waals surface area contributed by atoms with Crippen LogP contribution in [-0.4, -0.2) is 35.7 Å². The lowest BCUT2D eigenvalue weighted by molar-refractivity contribution is -0.129. The molecular formula is C8H17NO2S2. The van der Waals surface area contributed by atoms with Gasteiger partial charge in [-0.3, -0.25) is 4.79 Å². The van der Waals surface area contributed by atoms with E-state index in [0.717, 1.165) is 0 Å². The van der Waals surface area contributed by atoms with E-state index in [1.54, 1.807) is 0 Å². The van der Waals surface area contributed by atoms with Gasteiger partial charge in [0.15, 0.2) is 0 Å². The lowest BCUT2D eigenvalue weighted by Crippen LogP contribution is -2.44. The number of nitrogens with one attached hydrogen (secondary N) is 1. The first kappa shape index (κ1) is 13.1. The third-order valence-corrected chi connectivity index (χ3v) is 3.37. The Balaban J connectivity index is 4.26. The number of hydrogen-bond acceptors (Lipinski definition) is 4. The van der Waals surface area contributed by atoms with Crippen molar-refractivity contribution in [1.29, 1.82) is 0 Å². The van der Waals surface area contributed by atoms with Gasteiger partial charge >= 0.3 is 0 Å². The van der Waals surface area contributed by atoms with Gasteiger partial charge in [-0.2, -0.15) is 25.3 Å². The van der Waals surface area contributed by atoms with Crippen molar-refractivity contribution in [2.75, 3.05) is 24.7 Å². The Morgan fingerprint density at radius 1 is 1.46 bits per heavy atom. The summed E-state index contributed by atoms with van der Waals surface area (Å²) in [6.45, 7) is 2.19. The zero-order valence-electron chi connectivity index (χ0n) is 7.79. The van der Waals surface area contributed by atoms with Crippen LogP contribution >= 0.6 is 25.3 Å². The van der Waals surface area contributed by atoms with Crippen LogP contribution in [0.1, 0.15) is 13.3 Å². The van der Waals surface area contributed by atoms with Crippen molar-refractivity contribution < 1.29 is 9.90 Å². The van der Waals surface area contributed by atoms with E-state index in [0.29, 0.717) is 24.5 Å². The molecule has 0 unspecified atom stereocenters. The molecule has 0 bridgehead atoms. The lowest BCUT2D eigenvalue weighted by Gasteiger charge is -2.27. The Labute approximate surface area is 90.1 Å². The van der Waals surface area contributed by atoms with Crippen molar-refractivity contribution in [3.8, 4) is 0 Å². The molecule has 3 nitrogen and oxygen atoms in total. The van der Waals surface area contributed by atoms with Gasteiger partial charge in [0.2, 0.25) is 5.91 Å². The van der Waals surface area contributed by atoms with Gasteiger partial charge in [-0.25, -0.2) is 0 Å². The molecule has 0 aliphatic heterocycles. The number of amides is 1. The fraction of sp³-hybridized carbons (Fsp3) is 0.875. The molecule has 0 saturated carbocycles. The normalized spacial score (nSPS) is 11.4. The zero-order chi connectivity index (χ0) is 10.3. The van der Waals surface area contributed by atoms with Gasteiger partial charge in [0.25, 0.3) is 0 Å². The maximum Gasteiger partial charge on any atom is 0.227 e. The smallest absolute Gasteiger partial charge is 0.227 e. The Morgan fingerprint density at radius 2 is 2.00 bits per heavy atom. The molecular weight excluding hydrogens is 206 g/mol. The van der Waals surface area contributed by atoms with Gasteiger partial charge in [0.05, 0.1) is 12.0 Å². The molecule has 0 aliphatic rings. The first-order chi connectivity index (χ1) is 6.16. The topological polar surface area (TPSA) is 49.3 Å². The summed E-state index contributed by atoms with van der Waals surface area (Å²) in [5, 5.41) is 11.2. The molecule has 0 aliphatic carbocycles. The largest absolute Gasteiger partial charge is 0.395 e. The van der Waals surface area contributed by atoms with E-state index in [1.807, 2.05) is 6.92 Å². The molecule has 2 N–H and O–H groups in total. The predicted octanol–water partition coefficient (Wildman–Crippen LogP) is 0.351. The average molecular weight is 223 g/mol. The maximum atomic E-state index is 11.6. The van der Waals surface area contributed by atoms with Crippen LogP contribution in [0, 0.1) is 5.41 Å². The van der Waals surface area contributed by atoms with Crippen LogP contribution in [0.3, 0.4) is 0 Å². The highest BCUT2D eigenvalue weighted by Gasteiger charge is 2.33. The molecule has 0 saturated heterocycles. The number of aliphatic hydroxyl groups is 1. The Hall–Kier alpha value is 0.130. The first-order valence-corrected chi connectivity index (χ1v) is 5.54. The average Bonchev–Trinajstić information content (AvgIpc) is 2.18. The van der Waals surface area contributed by atoms with Gasteiger partial charge in [-0.15, -0.1) is 0 Å². The molecule has 0 atom stereocenters. The summed E-state index contributed by atoms with van der Waals surface area (Å²) < 4.78 is 0. The van der Waals surface area contributed by atoms with Crippen LogP contribution in [-0.2, 0) is 4.79 Å². The zero-order valence-corrected chi connectivity index (χ0v) is 9.57. The second-order valence-corrected chi connectivity index (χ2v) is 3.56. The molecule has 5 heteroatoms. The summed E-state index contributed by atoms with van der Waals surface area (Å²) in [7, 11) is 0. The molecule has 0 aromatic heterocycles. The van der Waals surface area contributed by atoms with E-state index in [2.05, 4.69) is 30.6 Å². The fourth-order valence-corrected chi connectivity index (χ4v) is 2.07. The molecule has 0 fully saturated rings. The summed E-state index contributed by atoms with van der Waals surface area (Å²) in [5.74, 6) is 0.878. The predicted molar refractivity (Wildman–Crippen MR) is 60.5 cm³/mol. The van der Waals surface area contributed by atoms with Crippen molar-refractivity contribution in [2.45, 2.75) is 13.3 Å².